The van der Waals surface area contributed by atoms with Crippen LogP contribution in [0.1, 0.15) is 5.56 Å². The summed E-state index contributed by atoms with van der Waals surface area (Å²) >= 11 is 0. The quantitative estimate of drug-likeness (QED) is 0.764. The van der Waals surface area contributed by atoms with Gasteiger partial charge in [-0.3, -0.25) is 0 Å². The first-order chi connectivity index (χ1) is 7.04. The van der Waals surface area contributed by atoms with Crippen LogP contribution in [0.15, 0.2) is 23.4 Å². The third kappa shape index (κ3) is 1.56. The Balaban J connectivity index is 2.94. The van der Waals surface area contributed by atoms with Gasteiger partial charge in [0.1, 0.15) is 16.5 Å². The number of rotatable bonds is 1. The van der Waals surface area contributed by atoms with Crippen molar-refractivity contribution in [3.05, 3.63) is 24.0 Å². The molecular formula is C8H4ClN3O2S. The van der Waals surface area contributed by atoms with Crippen molar-refractivity contribution in [2.75, 3.05) is 0 Å². The highest BCUT2D eigenvalue weighted by Gasteiger charge is 2.17. The molecule has 1 aromatic carbocycles. The Hall–Kier alpha value is -1.58. The Morgan fingerprint density at radius 2 is 2.20 bits per heavy atom. The number of halogens is 1. The Bertz CT molecular complexity index is 669. The minimum Gasteiger partial charge on any atom is -0.343 e. The zero-order chi connectivity index (χ0) is 11.1. The van der Waals surface area contributed by atoms with E-state index < -0.39 is 9.05 Å². The summed E-state index contributed by atoms with van der Waals surface area (Å²) in [5.41, 5.74) is 0.884. The van der Waals surface area contributed by atoms with Crippen LogP contribution >= 0.6 is 10.7 Å². The minimum absolute atomic E-state index is 0.0978. The summed E-state index contributed by atoms with van der Waals surface area (Å²) < 4.78 is 22.3. The highest BCUT2D eigenvalue weighted by molar-refractivity contribution is 8.14. The maximum absolute atomic E-state index is 11.2. The number of benzene rings is 1. The fraction of sp³-hybridized carbons (Fsp3) is 0. The van der Waals surface area contributed by atoms with E-state index in [1.54, 1.807) is 0 Å². The molecule has 0 saturated heterocycles. The lowest BCUT2D eigenvalue weighted by Crippen LogP contribution is -1.93. The molecule has 0 amide bonds. The van der Waals surface area contributed by atoms with E-state index in [9.17, 15) is 8.42 Å². The van der Waals surface area contributed by atoms with E-state index in [1.807, 2.05) is 6.07 Å². The molecule has 0 saturated carbocycles. The van der Waals surface area contributed by atoms with Gasteiger partial charge < -0.3 is 4.98 Å². The summed E-state index contributed by atoms with van der Waals surface area (Å²) in [6.45, 7) is 0. The molecule has 0 unspecified atom stereocenters. The predicted octanol–water partition coefficient (Wildman–Crippen LogP) is 1.36. The first-order valence-corrected chi connectivity index (χ1v) is 6.16. The van der Waals surface area contributed by atoms with Crippen molar-refractivity contribution < 1.29 is 8.42 Å². The lowest BCUT2D eigenvalue weighted by atomic mass is 10.2. The van der Waals surface area contributed by atoms with Gasteiger partial charge in [0.15, 0.2) is 0 Å². The van der Waals surface area contributed by atoms with Crippen molar-refractivity contribution in [1.82, 2.24) is 9.97 Å². The van der Waals surface area contributed by atoms with Gasteiger partial charge in [-0.1, -0.05) is 0 Å². The summed E-state index contributed by atoms with van der Waals surface area (Å²) in [4.78, 5) is 6.42. The second-order valence-corrected chi connectivity index (χ2v) is 5.32. The lowest BCUT2D eigenvalue weighted by Gasteiger charge is -1.98. The number of aromatic nitrogens is 2. The summed E-state index contributed by atoms with van der Waals surface area (Å²) in [7, 11) is 1.38. The fourth-order valence-electron chi connectivity index (χ4n) is 1.30. The monoisotopic (exact) mass is 241 g/mol. The molecule has 1 heterocycles. The molecule has 5 nitrogen and oxygen atoms in total. The summed E-state index contributed by atoms with van der Waals surface area (Å²) in [6.07, 6.45) is 1.32. The molecule has 2 aromatic rings. The van der Waals surface area contributed by atoms with Crippen LogP contribution in [-0.4, -0.2) is 18.4 Å². The Labute approximate surface area is 89.7 Å². The predicted molar refractivity (Wildman–Crippen MR) is 53.8 cm³/mol. The van der Waals surface area contributed by atoms with Gasteiger partial charge in [0.05, 0.1) is 17.4 Å². The molecule has 0 radical (unpaired) electrons. The first kappa shape index (κ1) is 9.96. The van der Waals surface area contributed by atoms with Gasteiger partial charge in [-0.05, 0) is 12.1 Å². The van der Waals surface area contributed by atoms with E-state index >= 15 is 0 Å². The van der Waals surface area contributed by atoms with Gasteiger partial charge in [-0.25, -0.2) is 13.4 Å². The Kier molecular flexibility index (Phi) is 2.14. The average Bonchev–Trinajstić information content (AvgIpc) is 2.62. The number of nitrogens with zero attached hydrogens (tertiary/aromatic N) is 2. The van der Waals surface area contributed by atoms with Gasteiger partial charge in [0.2, 0.25) is 0 Å². The van der Waals surface area contributed by atoms with Gasteiger partial charge in [0.25, 0.3) is 9.05 Å². The lowest BCUT2D eigenvalue weighted by molar-refractivity contribution is 0.610. The van der Waals surface area contributed by atoms with Crippen molar-refractivity contribution in [2.45, 2.75) is 4.90 Å². The van der Waals surface area contributed by atoms with Gasteiger partial charge in [0, 0.05) is 10.7 Å². The molecule has 0 aliphatic carbocycles. The van der Waals surface area contributed by atoms with E-state index in [2.05, 4.69) is 9.97 Å². The smallest absolute Gasteiger partial charge is 0.263 e. The maximum Gasteiger partial charge on any atom is 0.263 e. The molecular weight excluding hydrogens is 238 g/mol. The molecule has 7 heteroatoms. The molecule has 0 fully saturated rings. The number of hydrogen-bond acceptors (Lipinski definition) is 4. The molecule has 0 aliphatic heterocycles. The molecule has 0 bridgehead atoms. The number of hydrogen-bond donors (Lipinski definition) is 1. The zero-order valence-electron chi connectivity index (χ0n) is 7.23. The van der Waals surface area contributed by atoms with Crippen molar-refractivity contribution in [1.29, 1.82) is 5.26 Å². The number of imidazole rings is 1. The van der Waals surface area contributed by atoms with Crippen LogP contribution in [0.3, 0.4) is 0 Å². The van der Waals surface area contributed by atoms with Crippen LogP contribution in [0.2, 0.25) is 0 Å². The molecule has 1 N–H and O–H groups in total. The van der Waals surface area contributed by atoms with E-state index in [-0.39, 0.29) is 10.4 Å². The van der Waals surface area contributed by atoms with Crippen molar-refractivity contribution in [3.8, 4) is 6.07 Å². The number of aromatic amines is 1. The second-order valence-electron chi connectivity index (χ2n) is 2.79. The second kappa shape index (κ2) is 3.22. The van der Waals surface area contributed by atoms with E-state index in [4.69, 9.17) is 15.9 Å². The summed E-state index contributed by atoms with van der Waals surface area (Å²) in [5.74, 6) is 0. The molecule has 0 spiro atoms. The third-order valence-corrected chi connectivity index (χ3v) is 3.28. The number of fused-ring (bicyclic) bond motifs is 1. The van der Waals surface area contributed by atoms with Crippen molar-refractivity contribution >= 4 is 30.8 Å². The number of nitrogens with one attached hydrogen (secondary N) is 1. The van der Waals surface area contributed by atoms with Crippen LogP contribution in [-0.2, 0) is 9.05 Å². The van der Waals surface area contributed by atoms with Crippen molar-refractivity contribution in [3.63, 3.8) is 0 Å². The Morgan fingerprint density at radius 3 is 2.80 bits per heavy atom. The maximum atomic E-state index is 11.2. The van der Waals surface area contributed by atoms with Gasteiger partial charge in [-0.15, -0.1) is 0 Å². The van der Waals surface area contributed by atoms with Crippen LogP contribution in [0.5, 0.6) is 0 Å². The highest BCUT2D eigenvalue weighted by atomic mass is 35.7. The van der Waals surface area contributed by atoms with Crippen LogP contribution in [0.4, 0.5) is 0 Å². The first-order valence-electron chi connectivity index (χ1n) is 3.85. The summed E-state index contributed by atoms with van der Waals surface area (Å²) in [6, 6.07) is 4.58. The van der Waals surface area contributed by atoms with Crippen LogP contribution in [0, 0.1) is 11.3 Å². The van der Waals surface area contributed by atoms with E-state index in [0.717, 1.165) is 0 Å². The van der Waals surface area contributed by atoms with Crippen LogP contribution in [0.25, 0.3) is 11.0 Å². The van der Waals surface area contributed by atoms with Gasteiger partial charge >= 0.3 is 0 Å². The molecule has 0 aliphatic rings. The average molecular weight is 242 g/mol. The Morgan fingerprint density at radius 1 is 1.47 bits per heavy atom. The fourth-order valence-corrected chi connectivity index (χ4v) is 2.29. The van der Waals surface area contributed by atoms with E-state index in [1.165, 1.54) is 18.5 Å². The minimum atomic E-state index is -3.84. The molecule has 76 valence electrons. The van der Waals surface area contributed by atoms with E-state index in [0.29, 0.717) is 11.1 Å². The number of H-pyrrole nitrogens is 1. The molecule has 0 atom stereocenters. The normalized spacial score (nSPS) is 11.5. The topological polar surface area (TPSA) is 86.6 Å². The largest absolute Gasteiger partial charge is 0.343 e. The molecule has 2 rings (SSSR count). The highest BCUT2D eigenvalue weighted by Crippen LogP contribution is 2.25. The molecule has 15 heavy (non-hydrogen) atoms. The van der Waals surface area contributed by atoms with Crippen molar-refractivity contribution in [2.24, 2.45) is 0 Å². The third-order valence-electron chi connectivity index (χ3n) is 1.93. The zero-order valence-corrected chi connectivity index (χ0v) is 8.80. The summed E-state index contributed by atoms with van der Waals surface area (Å²) in [5, 5.41) is 8.77. The molecule has 1 aromatic heterocycles. The standard InChI is InChI=1S/C8H4ClN3O2S/c9-15(13,14)6-2-1-5(3-10)7-8(6)12-4-11-7/h1-2,4H,(H,11,12). The van der Waals surface area contributed by atoms with Crippen LogP contribution < -0.4 is 0 Å². The number of nitriles is 1. The van der Waals surface area contributed by atoms with Gasteiger partial charge in [-0.2, -0.15) is 5.26 Å². The SMILES string of the molecule is N#Cc1ccc(S(=O)(=O)Cl)c2nc[nH]c12.